The van der Waals surface area contributed by atoms with E-state index in [1.54, 1.807) is 0 Å². The molecule has 0 aromatic heterocycles. The van der Waals surface area contributed by atoms with Crippen molar-refractivity contribution >= 4 is 17.4 Å². The normalized spacial score (nSPS) is 17.3. The van der Waals surface area contributed by atoms with Crippen molar-refractivity contribution in [3.05, 3.63) is 34.9 Å². The molecule has 86 valence electrons. The van der Waals surface area contributed by atoms with E-state index in [4.69, 9.17) is 16.3 Å². The third kappa shape index (κ3) is 3.06. The summed E-state index contributed by atoms with van der Waals surface area (Å²) >= 11 is 5.88. The number of rotatable bonds is 3. The lowest BCUT2D eigenvalue weighted by Gasteiger charge is -2.20. The molecule has 1 aromatic carbocycles. The Balaban J connectivity index is 1.96. The maximum Gasteiger partial charge on any atom is 0.140 e. The Labute approximate surface area is 101 Å². The lowest BCUT2D eigenvalue weighted by Crippen LogP contribution is -2.24. The lowest BCUT2D eigenvalue weighted by molar-refractivity contribution is -0.125. The van der Waals surface area contributed by atoms with E-state index < -0.39 is 0 Å². The molecule has 0 radical (unpaired) electrons. The van der Waals surface area contributed by atoms with Crippen molar-refractivity contribution in [3.8, 4) is 0 Å². The van der Waals surface area contributed by atoms with Gasteiger partial charge in [-0.05, 0) is 30.5 Å². The summed E-state index contributed by atoms with van der Waals surface area (Å²) in [5, 5.41) is 0.692. The molecule has 0 N–H and O–H groups in total. The molecule has 1 aliphatic heterocycles. The molecule has 0 atom stereocenters. The van der Waals surface area contributed by atoms with Crippen LogP contribution in [-0.4, -0.2) is 19.0 Å². The molecule has 0 unspecified atom stereocenters. The number of hydrogen-bond donors (Lipinski definition) is 0. The van der Waals surface area contributed by atoms with Crippen molar-refractivity contribution in [1.82, 2.24) is 0 Å². The van der Waals surface area contributed by atoms with Crippen LogP contribution in [0.15, 0.2) is 24.3 Å². The van der Waals surface area contributed by atoms with Gasteiger partial charge in [0.05, 0.1) is 0 Å². The van der Waals surface area contributed by atoms with Crippen LogP contribution in [0.5, 0.6) is 0 Å². The zero-order valence-electron chi connectivity index (χ0n) is 9.12. The van der Waals surface area contributed by atoms with E-state index in [0.29, 0.717) is 30.4 Å². The number of carbonyl (C=O) groups is 1. The Morgan fingerprint density at radius 1 is 1.38 bits per heavy atom. The molecule has 0 bridgehead atoms. The average Bonchev–Trinajstić information content (AvgIpc) is 2.30. The van der Waals surface area contributed by atoms with Crippen molar-refractivity contribution in [3.63, 3.8) is 0 Å². The molecular formula is C13H15ClO2. The van der Waals surface area contributed by atoms with Crippen LogP contribution in [-0.2, 0) is 16.0 Å². The largest absolute Gasteiger partial charge is 0.381 e. The molecule has 1 aliphatic rings. The molecule has 16 heavy (non-hydrogen) atoms. The quantitative estimate of drug-likeness (QED) is 0.810. The number of ketones is 1. The number of benzene rings is 1. The van der Waals surface area contributed by atoms with Gasteiger partial charge in [-0.3, -0.25) is 4.79 Å². The minimum Gasteiger partial charge on any atom is -0.381 e. The Bertz CT molecular complexity index is 370. The van der Waals surface area contributed by atoms with Crippen LogP contribution in [0, 0.1) is 5.92 Å². The van der Waals surface area contributed by atoms with Crippen molar-refractivity contribution < 1.29 is 9.53 Å². The second-order valence-corrected chi connectivity index (χ2v) is 4.60. The fourth-order valence-corrected chi connectivity index (χ4v) is 2.22. The van der Waals surface area contributed by atoms with Gasteiger partial charge in [0, 0.05) is 30.6 Å². The molecule has 2 rings (SSSR count). The van der Waals surface area contributed by atoms with Crippen LogP contribution in [0.1, 0.15) is 18.4 Å². The van der Waals surface area contributed by atoms with Crippen molar-refractivity contribution in [1.29, 1.82) is 0 Å². The number of carbonyl (C=O) groups excluding carboxylic acids is 1. The topological polar surface area (TPSA) is 26.3 Å². The van der Waals surface area contributed by atoms with Crippen molar-refractivity contribution in [2.24, 2.45) is 5.92 Å². The molecule has 1 fully saturated rings. The first-order valence-electron chi connectivity index (χ1n) is 5.60. The van der Waals surface area contributed by atoms with Gasteiger partial charge >= 0.3 is 0 Å². The highest BCUT2D eigenvalue weighted by Gasteiger charge is 2.21. The highest BCUT2D eigenvalue weighted by molar-refractivity contribution is 6.30. The van der Waals surface area contributed by atoms with E-state index in [1.165, 1.54) is 0 Å². The molecule has 1 aromatic rings. The minimum atomic E-state index is 0.174. The summed E-state index contributed by atoms with van der Waals surface area (Å²) < 4.78 is 5.25. The maximum atomic E-state index is 12.0. The first-order valence-corrected chi connectivity index (χ1v) is 5.98. The summed E-state index contributed by atoms with van der Waals surface area (Å²) in [5.74, 6) is 0.485. The predicted molar refractivity (Wildman–Crippen MR) is 63.7 cm³/mol. The SMILES string of the molecule is O=C(Cc1cccc(Cl)c1)C1CCOCC1. The molecule has 0 aliphatic carbocycles. The average molecular weight is 239 g/mol. The Hall–Kier alpha value is -0.860. The first kappa shape index (κ1) is 11.6. The van der Waals surface area contributed by atoms with Gasteiger partial charge in [0.15, 0.2) is 0 Å². The van der Waals surface area contributed by atoms with E-state index in [2.05, 4.69) is 0 Å². The summed E-state index contributed by atoms with van der Waals surface area (Å²) in [4.78, 5) is 12.0. The molecule has 1 saturated heterocycles. The third-order valence-electron chi connectivity index (χ3n) is 2.94. The van der Waals surface area contributed by atoms with Gasteiger partial charge < -0.3 is 4.74 Å². The maximum absolute atomic E-state index is 12.0. The van der Waals surface area contributed by atoms with Crippen LogP contribution < -0.4 is 0 Å². The van der Waals surface area contributed by atoms with Gasteiger partial charge in [0.2, 0.25) is 0 Å². The van der Waals surface area contributed by atoms with E-state index >= 15 is 0 Å². The molecule has 3 heteroatoms. The molecule has 1 heterocycles. The van der Waals surface area contributed by atoms with Gasteiger partial charge in [-0.2, -0.15) is 0 Å². The van der Waals surface area contributed by atoms with Crippen LogP contribution >= 0.6 is 11.6 Å². The van der Waals surface area contributed by atoms with Gasteiger partial charge in [-0.1, -0.05) is 23.7 Å². The summed E-state index contributed by atoms with van der Waals surface area (Å²) in [6.07, 6.45) is 2.21. The molecular weight excluding hydrogens is 224 g/mol. The van der Waals surface area contributed by atoms with Gasteiger partial charge in [0.25, 0.3) is 0 Å². The van der Waals surface area contributed by atoms with E-state index in [-0.39, 0.29) is 5.92 Å². The minimum absolute atomic E-state index is 0.174. The smallest absolute Gasteiger partial charge is 0.140 e. The highest BCUT2D eigenvalue weighted by Crippen LogP contribution is 2.19. The number of ether oxygens (including phenoxy) is 1. The zero-order valence-corrected chi connectivity index (χ0v) is 9.87. The first-order chi connectivity index (χ1) is 7.75. The van der Waals surface area contributed by atoms with Crippen LogP contribution in [0.4, 0.5) is 0 Å². The standard InChI is InChI=1S/C13H15ClO2/c14-12-3-1-2-10(8-12)9-13(15)11-4-6-16-7-5-11/h1-3,8,11H,4-7,9H2. The summed E-state index contributed by atoms with van der Waals surface area (Å²) in [6, 6.07) is 7.51. The monoisotopic (exact) mass is 238 g/mol. The van der Waals surface area contributed by atoms with E-state index in [9.17, 15) is 4.79 Å². The fourth-order valence-electron chi connectivity index (χ4n) is 2.01. The number of hydrogen-bond acceptors (Lipinski definition) is 2. The second-order valence-electron chi connectivity index (χ2n) is 4.16. The summed E-state index contributed by atoms with van der Waals surface area (Å²) in [7, 11) is 0. The Morgan fingerprint density at radius 3 is 2.81 bits per heavy atom. The van der Waals surface area contributed by atoms with Gasteiger partial charge in [0.1, 0.15) is 5.78 Å². The van der Waals surface area contributed by atoms with Crippen LogP contribution in [0.25, 0.3) is 0 Å². The summed E-state index contributed by atoms with van der Waals surface area (Å²) in [6.45, 7) is 1.43. The Kier molecular flexibility index (Phi) is 3.97. The lowest BCUT2D eigenvalue weighted by atomic mass is 9.91. The number of halogens is 1. The molecule has 2 nitrogen and oxygen atoms in total. The predicted octanol–water partition coefficient (Wildman–Crippen LogP) is 2.88. The van der Waals surface area contributed by atoms with Gasteiger partial charge in [-0.15, -0.1) is 0 Å². The second kappa shape index (κ2) is 5.46. The van der Waals surface area contributed by atoms with Crippen LogP contribution in [0.3, 0.4) is 0 Å². The van der Waals surface area contributed by atoms with Gasteiger partial charge in [-0.25, -0.2) is 0 Å². The van der Waals surface area contributed by atoms with E-state index in [1.807, 2.05) is 24.3 Å². The number of Topliss-reactive ketones (excluding diaryl/α,β-unsaturated/α-hetero) is 1. The molecule has 0 spiro atoms. The molecule has 0 amide bonds. The van der Waals surface area contributed by atoms with Crippen molar-refractivity contribution in [2.75, 3.05) is 13.2 Å². The third-order valence-corrected chi connectivity index (χ3v) is 3.18. The van der Waals surface area contributed by atoms with E-state index in [0.717, 1.165) is 18.4 Å². The Morgan fingerprint density at radius 2 is 2.12 bits per heavy atom. The van der Waals surface area contributed by atoms with Crippen LogP contribution in [0.2, 0.25) is 5.02 Å². The summed E-state index contributed by atoms with van der Waals surface area (Å²) in [5.41, 5.74) is 1.00. The fraction of sp³-hybridized carbons (Fsp3) is 0.462. The molecule has 0 saturated carbocycles. The van der Waals surface area contributed by atoms with Crippen molar-refractivity contribution in [2.45, 2.75) is 19.3 Å². The zero-order chi connectivity index (χ0) is 11.4. The highest BCUT2D eigenvalue weighted by atomic mass is 35.5.